The summed E-state index contributed by atoms with van der Waals surface area (Å²) in [7, 11) is 0. The number of amides is 2. The van der Waals surface area contributed by atoms with Crippen molar-refractivity contribution in [3.05, 3.63) is 126 Å². The zero-order valence-electron chi connectivity index (χ0n) is 20.3. The molecule has 2 amide bonds. The number of benzene rings is 4. The van der Waals surface area contributed by atoms with Crippen LogP contribution in [0.4, 0.5) is 5.69 Å². The highest BCUT2D eigenvalue weighted by molar-refractivity contribution is 6.24. The van der Waals surface area contributed by atoms with E-state index in [2.05, 4.69) is 5.10 Å². The Hall–Kier alpha value is -4.84. The van der Waals surface area contributed by atoms with Gasteiger partial charge in [0.15, 0.2) is 5.78 Å². The van der Waals surface area contributed by atoms with E-state index in [-0.39, 0.29) is 17.6 Å². The van der Waals surface area contributed by atoms with Gasteiger partial charge in [-0.3, -0.25) is 19.4 Å². The molecule has 184 valence electrons. The van der Waals surface area contributed by atoms with E-state index in [0.717, 1.165) is 22.3 Å². The largest absolute Gasteiger partial charge is 0.292 e. The monoisotopic (exact) mass is 497 g/mol. The molecule has 38 heavy (non-hydrogen) atoms. The summed E-state index contributed by atoms with van der Waals surface area (Å²) in [5, 5.41) is 6.34. The molecule has 0 saturated carbocycles. The van der Waals surface area contributed by atoms with Crippen LogP contribution >= 0.6 is 0 Å². The number of hydrogen-bond acceptors (Lipinski definition) is 5. The predicted molar refractivity (Wildman–Crippen MR) is 145 cm³/mol. The van der Waals surface area contributed by atoms with Crippen LogP contribution in [0.1, 0.15) is 27.5 Å². The molecule has 7 rings (SSSR count). The summed E-state index contributed by atoms with van der Waals surface area (Å²) in [4.78, 5) is 43.2. The Morgan fingerprint density at radius 3 is 2.00 bits per heavy atom. The minimum Gasteiger partial charge on any atom is -0.292 e. The van der Waals surface area contributed by atoms with E-state index in [0.29, 0.717) is 11.3 Å². The van der Waals surface area contributed by atoms with Crippen molar-refractivity contribution in [2.75, 3.05) is 4.90 Å². The summed E-state index contributed by atoms with van der Waals surface area (Å²) in [5.74, 6) is -2.40. The third-order valence-corrected chi connectivity index (χ3v) is 7.85. The minimum absolute atomic E-state index is 0.213. The Balaban J connectivity index is 1.31. The molecule has 0 aromatic heterocycles. The van der Waals surface area contributed by atoms with Gasteiger partial charge in [0.2, 0.25) is 11.8 Å². The van der Waals surface area contributed by atoms with Crippen molar-refractivity contribution in [2.24, 2.45) is 16.9 Å². The normalized spacial score (nSPS) is 23.3. The lowest BCUT2D eigenvalue weighted by molar-refractivity contribution is -0.124. The van der Waals surface area contributed by atoms with Crippen LogP contribution in [-0.4, -0.2) is 34.9 Å². The number of para-hydroxylation sites is 1. The van der Waals surface area contributed by atoms with E-state index in [1.165, 1.54) is 4.90 Å². The zero-order valence-corrected chi connectivity index (χ0v) is 20.3. The third kappa shape index (κ3) is 3.27. The average Bonchev–Trinajstić information content (AvgIpc) is 3.46. The van der Waals surface area contributed by atoms with Crippen molar-refractivity contribution in [2.45, 2.75) is 12.1 Å². The highest BCUT2D eigenvalue weighted by atomic mass is 16.2. The van der Waals surface area contributed by atoms with Gasteiger partial charge in [0.05, 0.1) is 29.8 Å². The first-order valence-electron chi connectivity index (χ1n) is 12.7. The second kappa shape index (κ2) is 8.63. The molecule has 4 atom stereocenters. The van der Waals surface area contributed by atoms with E-state index in [1.54, 1.807) is 47.6 Å². The van der Waals surface area contributed by atoms with Crippen LogP contribution < -0.4 is 4.90 Å². The lowest BCUT2D eigenvalue weighted by atomic mass is 9.83. The molecule has 6 nitrogen and oxygen atoms in total. The van der Waals surface area contributed by atoms with Crippen LogP contribution in [0.3, 0.4) is 0 Å². The number of fused-ring (bicyclic) bond motifs is 5. The number of Topliss-reactive ketones (excluding diaryl/α,β-unsaturated/α-hetero) is 1. The summed E-state index contributed by atoms with van der Waals surface area (Å²) >= 11 is 0. The van der Waals surface area contributed by atoms with Gasteiger partial charge < -0.3 is 0 Å². The van der Waals surface area contributed by atoms with Crippen molar-refractivity contribution in [1.29, 1.82) is 0 Å². The number of anilines is 1. The zero-order chi connectivity index (χ0) is 25.8. The molecular weight excluding hydrogens is 474 g/mol. The van der Waals surface area contributed by atoms with Crippen molar-refractivity contribution in [3.8, 4) is 11.1 Å². The van der Waals surface area contributed by atoms with Gasteiger partial charge in [-0.15, -0.1) is 0 Å². The number of carbonyl (C=O) groups excluding carboxylic acids is 3. The van der Waals surface area contributed by atoms with E-state index >= 15 is 0 Å². The molecule has 0 bridgehead atoms. The van der Waals surface area contributed by atoms with Crippen LogP contribution in [0.5, 0.6) is 0 Å². The Morgan fingerprint density at radius 1 is 0.658 bits per heavy atom. The topological polar surface area (TPSA) is 70.0 Å². The van der Waals surface area contributed by atoms with Gasteiger partial charge in [-0.05, 0) is 34.4 Å². The average molecular weight is 498 g/mol. The molecule has 0 spiro atoms. The van der Waals surface area contributed by atoms with E-state index in [1.807, 2.05) is 72.8 Å². The Morgan fingerprint density at radius 2 is 1.26 bits per heavy atom. The number of imide groups is 1. The molecule has 6 heteroatoms. The first-order valence-corrected chi connectivity index (χ1v) is 12.7. The van der Waals surface area contributed by atoms with Gasteiger partial charge in [0.1, 0.15) is 6.04 Å². The molecule has 2 saturated heterocycles. The third-order valence-electron chi connectivity index (χ3n) is 7.85. The van der Waals surface area contributed by atoms with Gasteiger partial charge in [-0.1, -0.05) is 97.1 Å². The maximum atomic E-state index is 14.1. The number of ketones is 1. The fraction of sp³-hybridized carbons (Fsp3) is 0.125. The van der Waals surface area contributed by atoms with Gasteiger partial charge in [-0.25, -0.2) is 4.90 Å². The summed E-state index contributed by atoms with van der Waals surface area (Å²) in [6.07, 6.45) is 1.72. The first-order chi connectivity index (χ1) is 18.6. The highest BCUT2D eigenvalue weighted by Crippen LogP contribution is 2.53. The lowest BCUT2D eigenvalue weighted by Gasteiger charge is -2.33. The minimum atomic E-state index is -0.887. The van der Waals surface area contributed by atoms with Crippen LogP contribution in [0.2, 0.25) is 0 Å². The first kappa shape index (κ1) is 22.4. The molecular formula is C32H23N3O3. The number of nitrogens with zero attached hydrogens (tertiary/aromatic N) is 3. The molecule has 3 aliphatic heterocycles. The van der Waals surface area contributed by atoms with E-state index < -0.39 is 23.9 Å². The second-order valence-electron chi connectivity index (χ2n) is 9.85. The molecule has 0 aliphatic carbocycles. The van der Waals surface area contributed by atoms with Crippen molar-refractivity contribution >= 4 is 29.5 Å². The van der Waals surface area contributed by atoms with Crippen LogP contribution in [0, 0.1) is 11.8 Å². The Kier molecular flexibility index (Phi) is 5.08. The Bertz CT molecular complexity index is 1600. The van der Waals surface area contributed by atoms with Crippen molar-refractivity contribution in [1.82, 2.24) is 5.01 Å². The highest BCUT2D eigenvalue weighted by Gasteiger charge is 2.65. The fourth-order valence-electron chi connectivity index (χ4n) is 6.13. The molecule has 4 aromatic carbocycles. The van der Waals surface area contributed by atoms with Gasteiger partial charge in [-0.2, -0.15) is 5.10 Å². The maximum Gasteiger partial charge on any atom is 0.240 e. The molecule has 0 unspecified atom stereocenters. The van der Waals surface area contributed by atoms with Crippen molar-refractivity contribution < 1.29 is 14.4 Å². The quantitative estimate of drug-likeness (QED) is 0.290. The van der Waals surface area contributed by atoms with Crippen molar-refractivity contribution in [3.63, 3.8) is 0 Å². The van der Waals surface area contributed by atoms with Gasteiger partial charge in [0, 0.05) is 5.56 Å². The second-order valence-corrected chi connectivity index (χ2v) is 9.85. The smallest absolute Gasteiger partial charge is 0.240 e. The number of carbonyl (C=O) groups is 3. The van der Waals surface area contributed by atoms with Gasteiger partial charge >= 0.3 is 0 Å². The van der Waals surface area contributed by atoms with Crippen LogP contribution in [-0.2, 0) is 9.59 Å². The molecule has 4 aromatic rings. The maximum absolute atomic E-state index is 14.1. The Labute approximate surface area is 219 Å². The summed E-state index contributed by atoms with van der Waals surface area (Å²) < 4.78 is 0. The standard InChI is InChI=1S/C32H23N3O3/c36-30(22-17-15-21(16-18-22)20-9-3-1-4-10-20)29-27-26(28-25-14-8-7-11-23(25)19-33-35(28)29)31(37)34(32(27)38)24-12-5-2-6-13-24/h1-19,26-29H/t26-,27-,28+,29+/m0/s1. The van der Waals surface area contributed by atoms with E-state index in [9.17, 15) is 14.4 Å². The summed E-state index contributed by atoms with van der Waals surface area (Å²) in [6.45, 7) is 0. The fourth-order valence-corrected chi connectivity index (χ4v) is 6.13. The predicted octanol–water partition coefficient (Wildman–Crippen LogP) is 5.12. The molecule has 2 fully saturated rings. The van der Waals surface area contributed by atoms with Gasteiger partial charge in [0.25, 0.3) is 0 Å². The molecule has 0 N–H and O–H groups in total. The number of hydrogen-bond donors (Lipinski definition) is 0. The molecule has 3 heterocycles. The number of hydrazone groups is 1. The summed E-state index contributed by atoms with van der Waals surface area (Å²) in [5.41, 5.74) is 4.86. The lowest BCUT2D eigenvalue weighted by Crippen LogP contribution is -2.44. The van der Waals surface area contributed by atoms with E-state index in [4.69, 9.17) is 0 Å². The van der Waals surface area contributed by atoms with Crippen LogP contribution in [0.25, 0.3) is 11.1 Å². The van der Waals surface area contributed by atoms with Crippen LogP contribution in [0.15, 0.2) is 114 Å². The number of rotatable bonds is 4. The SMILES string of the molecule is O=C(c1ccc(-c2ccccc2)cc1)[C@H]1[C@H]2C(=O)N(c3ccccc3)C(=O)[C@@H]2[C@H]2c3ccccc3C=NN21. The molecule has 0 radical (unpaired) electrons. The molecule has 3 aliphatic rings. The summed E-state index contributed by atoms with van der Waals surface area (Å²) in [6, 6.07) is 32.7.